The largest absolute Gasteiger partial charge is 0.478 e. The molecule has 0 radical (unpaired) electrons. The van der Waals surface area contributed by atoms with Crippen LogP contribution in [0.1, 0.15) is 5.56 Å². The van der Waals surface area contributed by atoms with Crippen molar-refractivity contribution >= 4 is 41.1 Å². The second-order valence-electron chi connectivity index (χ2n) is 6.63. The Morgan fingerprint density at radius 2 is 1.70 bits per heavy atom. The van der Waals surface area contributed by atoms with E-state index in [0.29, 0.717) is 17.3 Å². The van der Waals surface area contributed by atoms with Gasteiger partial charge in [-0.1, -0.05) is 41.9 Å². The van der Waals surface area contributed by atoms with E-state index in [9.17, 15) is 9.59 Å². The highest BCUT2D eigenvalue weighted by Crippen LogP contribution is 2.23. The average molecular weight is 454 g/mol. The van der Waals surface area contributed by atoms with E-state index in [1.165, 1.54) is 17.3 Å². The number of anilines is 1. The first-order chi connectivity index (χ1) is 14.3. The van der Waals surface area contributed by atoms with Gasteiger partial charge in [-0.25, -0.2) is 9.59 Å². The summed E-state index contributed by atoms with van der Waals surface area (Å²) in [7, 11) is 0. The van der Waals surface area contributed by atoms with Crippen LogP contribution in [-0.2, 0) is 16.0 Å². The molecule has 11 heteroatoms. The van der Waals surface area contributed by atoms with Crippen LogP contribution >= 0.6 is 23.3 Å². The summed E-state index contributed by atoms with van der Waals surface area (Å²) in [4.78, 5) is 23.7. The minimum Gasteiger partial charge on any atom is -0.478 e. The van der Waals surface area contributed by atoms with Gasteiger partial charge in [-0.15, -0.1) is 0 Å². The van der Waals surface area contributed by atoms with Gasteiger partial charge in [0.15, 0.2) is 11.0 Å². The Kier molecular flexibility index (Phi) is 9.68. The zero-order valence-electron chi connectivity index (χ0n) is 16.2. The van der Waals surface area contributed by atoms with Crippen LogP contribution in [0.25, 0.3) is 0 Å². The van der Waals surface area contributed by atoms with Crippen molar-refractivity contribution < 1.29 is 19.8 Å². The molecular weight excluding hydrogens is 430 g/mol. The van der Waals surface area contributed by atoms with Gasteiger partial charge in [-0.2, -0.15) is 8.75 Å². The number of rotatable bonds is 7. The molecule has 0 aliphatic carbocycles. The second kappa shape index (κ2) is 12.2. The molecule has 0 saturated carbocycles. The Balaban J connectivity index is 0.000000343. The number of nitrogens with zero attached hydrogens (tertiary/aromatic N) is 4. The number of aliphatic carboxylic acids is 2. The van der Waals surface area contributed by atoms with Crippen molar-refractivity contribution in [2.75, 3.05) is 37.6 Å². The van der Waals surface area contributed by atoms with E-state index in [4.69, 9.17) is 27.5 Å². The van der Waals surface area contributed by atoms with Crippen LogP contribution in [0, 0.1) is 0 Å². The maximum absolute atomic E-state index is 9.55. The molecule has 1 saturated heterocycles. The van der Waals surface area contributed by atoms with Crippen LogP contribution in [0.5, 0.6) is 0 Å². The lowest BCUT2D eigenvalue weighted by atomic mass is 10.1. The van der Waals surface area contributed by atoms with Gasteiger partial charge in [0.05, 0.1) is 11.7 Å². The summed E-state index contributed by atoms with van der Waals surface area (Å²) >= 11 is 7.21. The predicted octanol–water partition coefficient (Wildman–Crippen LogP) is 1.60. The molecule has 0 spiro atoms. The van der Waals surface area contributed by atoms with Gasteiger partial charge in [-0.05, 0) is 12.0 Å². The summed E-state index contributed by atoms with van der Waals surface area (Å²) < 4.78 is 8.29. The van der Waals surface area contributed by atoms with Crippen molar-refractivity contribution in [2.24, 2.45) is 5.73 Å². The molecule has 9 nitrogen and oxygen atoms in total. The van der Waals surface area contributed by atoms with Gasteiger partial charge in [0, 0.05) is 50.9 Å². The number of hydrogen-bond donors (Lipinski definition) is 3. The average Bonchev–Trinajstić information content (AvgIpc) is 3.14. The van der Waals surface area contributed by atoms with E-state index in [1.54, 1.807) is 0 Å². The molecule has 1 fully saturated rings. The maximum atomic E-state index is 9.55. The maximum Gasteiger partial charge on any atom is 0.328 e. The Morgan fingerprint density at radius 3 is 2.20 bits per heavy atom. The molecule has 2 aromatic rings. The third-order valence-corrected chi connectivity index (χ3v) is 5.18. The van der Waals surface area contributed by atoms with Gasteiger partial charge >= 0.3 is 11.9 Å². The normalized spacial score (nSPS) is 15.5. The molecule has 1 aromatic heterocycles. The monoisotopic (exact) mass is 453 g/mol. The van der Waals surface area contributed by atoms with E-state index >= 15 is 0 Å². The fraction of sp³-hybridized carbons (Fsp3) is 0.368. The SMILES string of the molecule is N[C@@H](Cc1ccccc1)CN1CCN(c2nsnc2Cl)CC1.O=C(O)C=CC(=O)O. The lowest BCUT2D eigenvalue weighted by Crippen LogP contribution is -2.50. The van der Waals surface area contributed by atoms with Crippen LogP contribution in [0.15, 0.2) is 42.5 Å². The number of nitrogens with two attached hydrogens (primary N) is 1. The van der Waals surface area contributed by atoms with E-state index in [-0.39, 0.29) is 6.04 Å². The lowest BCUT2D eigenvalue weighted by Gasteiger charge is -2.35. The highest BCUT2D eigenvalue weighted by Gasteiger charge is 2.22. The topological polar surface area (TPSA) is 133 Å². The minimum absolute atomic E-state index is 0.165. The van der Waals surface area contributed by atoms with Gasteiger partial charge in [0.2, 0.25) is 0 Å². The first-order valence-corrected chi connectivity index (χ1v) is 10.3. The van der Waals surface area contributed by atoms with Gasteiger partial charge < -0.3 is 20.8 Å². The summed E-state index contributed by atoms with van der Waals surface area (Å²) in [6.45, 7) is 4.73. The zero-order chi connectivity index (χ0) is 21.9. The first kappa shape index (κ1) is 23.7. The molecule has 3 rings (SSSR count). The summed E-state index contributed by atoms with van der Waals surface area (Å²) in [6.07, 6.45) is 2.04. The van der Waals surface area contributed by atoms with Crippen molar-refractivity contribution in [2.45, 2.75) is 12.5 Å². The molecule has 2 heterocycles. The zero-order valence-corrected chi connectivity index (χ0v) is 17.8. The van der Waals surface area contributed by atoms with Crippen molar-refractivity contribution in [1.82, 2.24) is 13.6 Å². The number of hydrogen-bond acceptors (Lipinski definition) is 8. The predicted molar refractivity (Wildman–Crippen MR) is 116 cm³/mol. The van der Waals surface area contributed by atoms with E-state index in [2.05, 4.69) is 42.8 Å². The number of carboxylic acids is 2. The van der Waals surface area contributed by atoms with Gasteiger partial charge in [0.25, 0.3) is 0 Å². The summed E-state index contributed by atoms with van der Waals surface area (Å²) in [6, 6.07) is 10.6. The summed E-state index contributed by atoms with van der Waals surface area (Å²) in [5.41, 5.74) is 7.59. The second-order valence-corrected chi connectivity index (χ2v) is 7.51. The summed E-state index contributed by atoms with van der Waals surface area (Å²) in [5, 5.41) is 16.1. The van der Waals surface area contributed by atoms with Crippen LogP contribution < -0.4 is 10.6 Å². The van der Waals surface area contributed by atoms with Crippen molar-refractivity contribution in [3.05, 3.63) is 53.2 Å². The minimum atomic E-state index is -1.26. The molecule has 0 amide bonds. The Morgan fingerprint density at radius 1 is 1.10 bits per heavy atom. The van der Waals surface area contributed by atoms with Gasteiger partial charge in [-0.3, -0.25) is 4.90 Å². The molecule has 1 atom stereocenters. The standard InChI is InChI=1S/C15H20ClN5S.C4H4O4/c16-14-15(19-22-18-14)21-8-6-20(7-9-21)11-13(17)10-12-4-2-1-3-5-12;5-3(6)1-2-4(7)8/h1-5,13H,6-11,17H2;1-2H,(H,5,6)(H,7,8)/t13-;/m0./s1. The van der Waals surface area contributed by atoms with Crippen molar-refractivity contribution in [1.29, 1.82) is 0 Å². The number of benzene rings is 1. The molecule has 4 N–H and O–H groups in total. The van der Waals surface area contributed by atoms with Crippen LogP contribution in [0.4, 0.5) is 5.82 Å². The molecular formula is C19H24ClN5O4S. The Labute approximate surface area is 183 Å². The third kappa shape index (κ3) is 8.46. The quantitative estimate of drug-likeness (QED) is 0.534. The number of piperazine rings is 1. The van der Waals surface area contributed by atoms with E-state index < -0.39 is 11.9 Å². The van der Waals surface area contributed by atoms with E-state index in [0.717, 1.165) is 45.0 Å². The molecule has 1 aliphatic heterocycles. The molecule has 0 unspecified atom stereocenters. The van der Waals surface area contributed by atoms with E-state index in [1.807, 2.05) is 6.07 Å². The van der Waals surface area contributed by atoms with Crippen LogP contribution in [0.3, 0.4) is 0 Å². The van der Waals surface area contributed by atoms with Crippen molar-refractivity contribution in [3.63, 3.8) is 0 Å². The Hall–Kier alpha value is -2.53. The number of aromatic nitrogens is 2. The fourth-order valence-corrected chi connectivity index (χ4v) is 3.74. The molecule has 162 valence electrons. The van der Waals surface area contributed by atoms with Gasteiger partial charge in [0.1, 0.15) is 0 Å². The number of carbonyl (C=O) groups is 2. The summed E-state index contributed by atoms with van der Waals surface area (Å²) in [5.74, 6) is -1.69. The highest BCUT2D eigenvalue weighted by atomic mass is 35.5. The highest BCUT2D eigenvalue weighted by molar-refractivity contribution is 6.99. The third-order valence-electron chi connectivity index (χ3n) is 4.31. The number of carboxylic acid groups (broad SMARTS) is 2. The fourth-order valence-electron chi connectivity index (χ4n) is 2.96. The first-order valence-electron chi connectivity index (χ1n) is 9.24. The molecule has 0 bridgehead atoms. The smallest absolute Gasteiger partial charge is 0.328 e. The lowest BCUT2D eigenvalue weighted by molar-refractivity contribution is -0.134. The molecule has 30 heavy (non-hydrogen) atoms. The number of halogens is 1. The molecule has 1 aliphatic rings. The van der Waals surface area contributed by atoms with Crippen molar-refractivity contribution in [3.8, 4) is 0 Å². The molecule has 1 aromatic carbocycles. The van der Waals surface area contributed by atoms with Crippen LogP contribution in [-0.4, -0.2) is 74.6 Å². The van der Waals surface area contributed by atoms with Crippen LogP contribution in [0.2, 0.25) is 5.15 Å². The Bertz CT molecular complexity index is 824.